The van der Waals surface area contributed by atoms with E-state index >= 15 is 0 Å². The molecule has 9 heavy (non-hydrogen) atoms. The van der Waals surface area contributed by atoms with Crippen molar-refractivity contribution >= 4 is 28.7 Å². The van der Waals surface area contributed by atoms with Crippen molar-refractivity contribution < 1.29 is 0 Å². The summed E-state index contributed by atoms with van der Waals surface area (Å²) in [5.74, 6) is 0.916. The summed E-state index contributed by atoms with van der Waals surface area (Å²) in [5, 5.41) is 0. The Morgan fingerprint density at radius 1 is 1.89 bits per heavy atom. The highest BCUT2D eigenvalue weighted by Crippen LogP contribution is 2.05. The molecule has 0 saturated heterocycles. The van der Waals surface area contributed by atoms with E-state index in [1.54, 1.807) is 6.08 Å². The van der Waals surface area contributed by atoms with Gasteiger partial charge < -0.3 is 4.57 Å². The van der Waals surface area contributed by atoms with E-state index in [0.29, 0.717) is 0 Å². The molecule has 1 aromatic rings. The minimum absolute atomic E-state index is 0.916. The van der Waals surface area contributed by atoms with Crippen LogP contribution in [0.5, 0.6) is 0 Å². The van der Waals surface area contributed by atoms with E-state index in [4.69, 9.17) is 0 Å². The van der Waals surface area contributed by atoms with Crippen LogP contribution in [0.4, 0.5) is 0 Å². The molecule has 0 saturated carbocycles. The molecule has 0 amide bonds. The number of imidazole rings is 1. The van der Waals surface area contributed by atoms with Gasteiger partial charge >= 0.3 is 0 Å². The first-order valence-electron chi connectivity index (χ1n) is 2.55. The largest absolute Gasteiger partial charge is 0.323 e. The predicted octanol–water partition coefficient (Wildman–Crippen LogP) is 1.67. The summed E-state index contributed by atoms with van der Waals surface area (Å²) in [6.45, 7) is 3.62. The predicted molar refractivity (Wildman–Crippen MR) is 46.0 cm³/mol. The van der Waals surface area contributed by atoms with Gasteiger partial charge in [-0.1, -0.05) is 6.58 Å². The molecule has 2 nitrogen and oxygen atoms in total. The van der Waals surface area contributed by atoms with Crippen LogP contribution in [-0.2, 0) is 7.05 Å². The summed E-state index contributed by atoms with van der Waals surface area (Å²) in [5.41, 5.74) is 0. The second kappa shape index (κ2) is 2.51. The lowest BCUT2D eigenvalue weighted by atomic mass is 10.6. The van der Waals surface area contributed by atoms with Crippen molar-refractivity contribution in [1.82, 2.24) is 9.55 Å². The number of nitrogens with zero attached hydrogens (tertiary/aromatic N) is 2. The molecule has 0 atom stereocenters. The number of hydrogen-bond acceptors (Lipinski definition) is 1. The van der Waals surface area contributed by atoms with Crippen LogP contribution in [0.25, 0.3) is 6.08 Å². The molecule has 0 fully saturated rings. The average Bonchev–Trinajstić information content (AvgIpc) is 2.15. The van der Waals surface area contributed by atoms with E-state index in [1.807, 2.05) is 17.8 Å². The van der Waals surface area contributed by atoms with Crippen molar-refractivity contribution in [2.24, 2.45) is 7.05 Å². The lowest BCUT2D eigenvalue weighted by Gasteiger charge is -1.93. The van der Waals surface area contributed by atoms with Crippen LogP contribution in [0.3, 0.4) is 0 Å². The van der Waals surface area contributed by atoms with E-state index in [2.05, 4.69) is 34.2 Å². The van der Waals surface area contributed by atoms with Crippen LogP contribution in [0.1, 0.15) is 5.82 Å². The molecular formula is C6H7IN2. The molecule has 1 rings (SSSR count). The second-order valence-electron chi connectivity index (χ2n) is 1.70. The van der Waals surface area contributed by atoms with Crippen LogP contribution < -0.4 is 0 Å². The van der Waals surface area contributed by atoms with Gasteiger partial charge in [-0.2, -0.15) is 0 Å². The van der Waals surface area contributed by atoms with Gasteiger partial charge in [-0.3, -0.25) is 0 Å². The number of rotatable bonds is 1. The Morgan fingerprint density at radius 3 is 2.78 bits per heavy atom. The molecule has 0 unspecified atom stereocenters. The van der Waals surface area contributed by atoms with E-state index < -0.39 is 0 Å². The Balaban J connectivity index is 3.18. The van der Waals surface area contributed by atoms with Crippen LogP contribution in [-0.4, -0.2) is 9.55 Å². The first kappa shape index (κ1) is 6.80. The van der Waals surface area contributed by atoms with Crippen LogP contribution in [0.2, 0.25) is 0 Å². The standard InChI is InChI=1S/C6H7IN2/c1-3-6-8-4-5(7)9(6)2/h3-4H,1H2,2H3. The van der Waals surface area contributed by atoms with Crippen LogP contribution >= 0.6 is 22.6 Å². The number of halogens is 1. The molecule has 0 aliphatic heterocycles. The Labute approximate surface area is 67.7 Å². The smallest absolute Gasteiger partial charge is 0.132 e. The van der Waals surface area contributed by atoms with Crippen molar-refractivity contribution in [3.63, 3.8) is 0 Å². The first-order chi connectivity index (χ1) is 4.25. The Bertz CT molecular complexity index is 227. The molecule has 1 aromatic heterocycles. The number of aromatic nitrogens is 2. The molecule has 48 valence electrons. The molecule has 0 aromatic carbocycles. The molecule has 0 radical (unpaired) electrons. The fourth-order valence-corrected chi connectivity index (χ4v) is 0.978. The van der Waals surface area contributed by atoms with Crippen molar-refractivity contribution in [1.29, 1.82) is 0 Å². The zero-order valence-electron chi connectivity index (χ0n) is 5.13. The topological polar surface area (TPSA) is 17.8 Å². The van der Waals surface area contributed by atoms with Crippen molar-refractivity contribution in [3.8, 4) is 0 Å². The van der Waals surface area contributed by atoms with Gasteiger partial charge in [-0.25, -0.2) is 4.98 Å². The van der Waals surface area contributed by atoms with E-state index in [0.717, 1.165) is 9.53 Å². The van der Waals surface area contributed by atoms with Crippen LogP contribution in [0.15, 0.2) is 12.8 Å². The van der Waals surface area contributed by atoms with E-state index in [9.17, 15) is 0 Å². The van der Waals surface area contributed by atoms with Gasteiger partial charge in [-0.15, -0.1) is 0 Å². The highest BCUT2D eigenvalue weighted by atomic mass is 127. The summed E-state index contributed by atoms with van der Waals surface area (Å²) in [6.07, 6.45) is 3.56. The minimum atomic E-state index is 0.916. The van der Waals surface area contributed by atoms with Crippen molar-refractivity contribution in [2.75, 3.05) is 0 Å². The van der Waals surface area contributed by atoms with Gasteiger partial charge in [0.15, 0.2) is 0 Å². The van der Waals surface area contributed by atoms with Crippen molar-refractivity contribution in [2.45, 2.75) is 0 Å². The minimum Gasteiger partial charge on any atom is -0.323 e. The maximum Gasteiger partial charge on any atom is 0.132 e. The Morgan fingerprint density at radius 2 is 2.56 bits per heavy atom. The van der Waals surface area contributed by atoms with Crippen molar-refractivity contribution in [3.05, 3.63) is 22.3 Å². The Kier molecular flexibility index (Phi) is 1.90. The van der Waals surface area contributed by atoms with Gasteiger partial charge in [0.05, 0.1) is 9.90 Å². The molecule has 0 spiro atoms. The van der Waals surface area contributed by atoms with Gasteiger partial charge in [-0.05, 0) is 28.7 Å². The van der Waals surface area contributed by atoms with Gasteiger partial charge in [0.2, 0.25) is 0 Å². The number of hydrogen-bond donors (Lipinski definition) is 0. The summed E-state index contributed by atoms with van der Waals surface area (Å²) < 4.78 is 3.11. The fourth-order valence-electron chi connectivity index (χ4n) is 0.592. The summed E-state index contributed by atoms with van der Waals surface area (Å²) >= 11 is 2.22. The average molecular weight is 234 g/mol. The Hall–Kier alpha value is -0.320. The highest BCUT2D eigenvalue weighted by Gasteiger charge is 1.96. The maximum absolute atomic E-state index is 4.07. The summed E-state index contributed by atoms with van der Waals surface area (Å²) in [7, 11) is 1.96. The lowest BCUT2D eigenvalue weighted by molar-refractivity contribution is 0.874. The summed E-state index contributed by atoms with van der Waals surface area (Å²) in [4.78, 5) is 4.07. The molecule has 0 aliphatic rings. The van der Waals surface area contributed by atoms with Gasteiger partial charge in [0.25, 0.3) is 0 Å². The molecule has 1 heterocycles. The first-order valence-corrected chi connectivity index (χ1v) is 3.63. The third-order valence-electron chi connectivity index (χ3n) is 1.15. The SMILES string of the molecule is C=Cc1ncc(I)n1C. The maximum atomic E-state index is 4.07. The van der Waals surface area contributed by atoms with Gasteiger partial charge in [0, 0.05) is 7.05 Å². The fraction of sp³-hybridized carbons (Fsp3) is 0.167. The normalized spacial score (nSPS) is 9.56. The lowest BCUT2D eigenvalue weighted by Crippen LogP contribution is -1.92. The summed E-state index contributed by atoms with van der Waals surface area (Å²) in [6, 6.07) is 0. The zero-order chi connectivity index (χ0) is 6.85. The van der Waals surface area contributed by atoms with E-state index in [1.165, 1.54) is 0 Å². The molecule has 0 aliphatic carbocycles. The molecular weight excluding hydrogens is 227 g/mol. The zero-order valence-corrected chi connectivity index (χ0v) is 7.29. The third-order valence-corrected chi connectivity index (χ3v) is 2.15. The molecule has 0 bridgehead atoms. The quantitative estimate of drug-likeness (QED) is 0.676. The second-order valence-corrected chi connectivity index (χ2v) is 2.81. The molecule has 3 heteroatoms. The van der Waals surface area contributed by atoms with E-state index in [-0.39, 0.29) is 0 Å². The molecule has 0 N–H and O–H groups in total. The monoisotopic (exact) mass is 234 g/mol. The highest BCUT2D eigenvalue weighted by molar-refractivity contribution is 14.1. The third kappa shape index (κ3) is 1.15. The van der Waals surface area contributed by atoms with Gasteiger partial charge in [0.1, 0.15) is 5.82 Å². The van der Waals surface area contributed by atoms with Crippen LogP contribution in [0, 0.1) is 3.70 Å².